The van der Waals surface area contributed by atoms with E-state index in [2.05, 4.69) is 15.3 Å². The van der Waals surface area contributed by atoms with Crippen LogP contribution >= 0.6 is 34.3 Å². The monoisotopic (exact) mass is 299 g/mol. The first-order valence-corrected chi connectivity index (χ1v) is 7.57. The predicted octanol–water partition coefficient (Wildman–Crippen LogP) is 3.30. The fraction of sp³-hybridized carbons (Fsp3) is 0.364. The predicted molar refractivity (Wildman–Crippen MR) is 74.0 cm³/mol. The zero-order valence-corrected chi connectivity index (χ0v) is 12.0. The molecule has 1 N–H and O–H groups in total. The summed E-state index contributed by atoms with van der Waals surface area (Å²) in [5, 5.41) is 3.46. The van der Waals surface area contributed by atoms with Crippen LogP contribution in [0.2, 0.25) is 4.47 Å². The summed E-state index contributed by atoms with van der Waals surface area (Å²) in [6, 6.07) is 0. The van der Waals surface area contributed by atoms with Crippen molar-refractivity contribution in [1.82, 2.24) is 9.97 Å². The highest BCUT2D eigenvalue weighted by molar-refractivity contribution is 7.16. The highest BCUT2D eigenvalue weighted by Crippen LogP contribution is 2.31. The highest BCUT2D eigenvalue weighted by Gasteiger charge is 2.20. The van der Waals surface area contributed by atoms with Gasteiger partial charge in [0.25, 0.3) is 5.91 Å². The van der Waals surface area contributed by atoms with Crippen LogP contribution in [0.15, 0.2) is 0 Å². The van der Waals surface area contributed by atoms with Gasteiger partial charge in [0.2, 0.25) is 0 Å². The van der Waals surface area contributed by atoms with Crippen molar-refractivity contribution >= 4 is 45.3 Å². The van der Waals surface area contributed by atoms with Crippen LogP contribution in [0.25, 0.3) is 0 Å². The molecule has 0 aliphatic heterocycles. The lowest BCUT2D eigenvalue weighted by Gasteiger charge is -1.99. The summed E-state index contributed by atoms with van der Waals surface area (Å²) < 4.78 is 0.388. The van der Waals surface area contributed by atoms with E-state index in [-0.39, 0.29) is 5.91 Å². The number of hydrogen-bond acceptors (Lipinski definition) is 5. The minimum Gasteiger partial charge on any atom is -0.296 e. The quantitative estimate of drug-likeness (QED) is 0.925. The van der Waals surface area contributed by atoms with Crippen LogP contribution in [-0.2, 0) is 12.8 Å². The van der Waals surface area contributed by atoms with Crippen molar-refractivity contribution in [2.45, 2.75) is 26.2 Å². The standard InChI is InChI=1S/C11H10ClN3OS2/c1-5-8(14-10(12)17-5)9(16)15-11-13-6-3-2-4-7(6)18-11/h2-4H2,1H3,(H,13,15,16). The number of hydrogen-bond donors (Lipinski definition) is 1. The molecule has 3 rings (SSSR count). The average Bonchev–Trinajstić information content (AvgIpc) is 2.92. The minimum absolute atomic E-state index is 0.233. The lowest BCUT2D eigenvalue weighted by molar-refractivity contribution is 0.102. The number of rotatable bonds is 2. The number of nitrogens with zero attached hydrogens (tertiary/aromatic N) is 2. The molecular formula is C11H10ClN3OS2. The van der Waals surface area contributed by atoms with Gasteiger partial charge in [0.05, 0.1) is 5.69 Å². The fourth-order valence-electron chi connectivity index (χ4n) is 1.97. The summed E-state index contributed by atoms with van der Waals surface area (Å²) in [4.78, 5) is 22.6. The third kappa shape index (κ3) is 2.15. The smallest absolute Gasteiger partial charge is 0.277 e. The van der Waals surface area contributed by atoms with Gasteiger partial charge in [-0.2, -0.15) is 0 Å². The number of anilines is 1. The Morgan fingerprint density at radius 2 is 2.17 bits per heavy atom. The summed E-state index contributed by atoms with van der Waals surface area (Å²) >= 11 is 8.65. The number of halogens is 1. The third-order valence-corrected chi connectivity index (χ3v) is 4.95. The number of amides is 1. The molecule has 0 aromatic carbocycles. The van der Waals surface area contributed by atoms with Crippen molar-refractivity contribution in [3.05, 3.63) is 25.6 Å². The molecule has 2 aromatic heterocycles. The van der Waals surface area contributed by atoms with Gasteiger partial charge in [0.15, 0.2) is 9.60 Å². The maximum atomic E-state index is 12.0. The summed E-state index contributed by atoms with van der Waals surface area (Å²) in [7, 11) is 0. The SMILES string of the molecule is Cc1sc(Cl)nc1C(=O)Nc1nc2c(s1)CCC2. The van der Waals surface area contributed by atoms with Crippen molar-refractivity contribution in [3.63, 3.8) is 0 Å². The first kappa shape index (κ1) is 12.1. The second-order valence-corrected chi connectivity index (χ2v) is 6.94. The van der Waals surface area contributed by atoms with E-state index in [4.69, 9.17) is 11.6 Å². The van der Waals surface area contributed by atoms with Gasteiger partial charge in [-0.05, 0) is 26.2 Å². The molecule has 0 bridgehead atoms. The molecule has 2 aromatic rings. The first-order chi connectivity index (χ1) is 8.63. The number of aromatic nitrogens is 2. The van der Waals surface area contributed by atoms with Gasteiger partial charge in [0.1, 0.15) is 5.69 Å². The Bertz CT molecular complexity index is 598. The van der Waals surface area contributed by atoms with E-state index >= 15 is 0 Å². The first-order valence-electron chi connectivity index (χ1n) is 5.56. The van der Waals surface area contributed by atoms with Crippen molar-refractivity contribution in [3.8, 4) is 0 Å². The zero-order valence-electron chi connectivity index (χ0n) is 9.62. The lowest BCUT2D eigenvalue weighted by Crippen LogP contribution is -2.13. The molecular weight excluding hydrogens is 290 g/mol. The fourth-order valence-corrected chi connectivity index (χ4v) is 4.08. The third-order valence-electron chi connectivity index (χ3n) is 2.80. The van der Waals surface area contributed by atoms with Gasteiger partial charge in [-0.3, -0.25) is 10.1 Å². The minimum atomic E-state index is -0.233. The second kappa shape index (κ2) is 4.60. The molecule has 1 aliphatic carbocycles. The molecule has 0 unspecified atom stereocenters. The molecule has 1 amide bonds. The van der Waals surface area contributed by atoms with Crippen molar-refractivity contribution < 1.29 is 4.79 Å². The van der Waals surface area contributed by atoms with Crippen LogP contribution in [0.3, 0.4) is 0 Å². The van der Waals surface area contributed by atoms with Gasteiger partial charge in [-0.15, -0.1) is 22.7 Å². The molecule has 0 fully saturated rings. The molecule has 7 heteroatoms. The Kier molecular flexibility index (Phi) is 3.09. The van der Waals surface area contributed by atoms with Gasteiger partial charge in [-0.25, -0.2) is 9.97 Å². The number of carbonyl (C=O) groups is 1. The summed E-state index contributed by atoms with van der Waals surface area (Å²) in [5.41, 5.74) is 1.52. The van der Waals surface area contributed by atoms with E-state index in [1.807, 2.05) is 6.92 Å². The van der Waals surface area contributed by atoms with E-state index in [9.17, 15) is 4.79 Å². The van der Waals surface area contributed by atoms with Gasteiger partial charge in [0, 0.05) is 9.75 Å². The largest absolute Gasteiger partial charge is 0.296 e. The van der Waals surface area contributed by atoms with Gasteiger partial charge < -0.3 is 0 Å². The Balaban J connectivity index is 1.79. The van der Waals surface area contributed by atoms with E-state index in [0.717, 1.165) is 23.4 Å². The summed E-state index contributed by atoms with van der Waals surface area (Å²) in [5.74, 6) is -0.233. The molecule has 2 heterocycles. The molecule has 0 spiro atoms. The van der Waals surface area contributed by atoms with Crippen LogP contribution in [-0.4, -0.2) is 15.9 Å². The van der Waals surface area contributed by atoms with Crippen LogP contribution in [0.1, 0.15) is 32.4 Å². The average molecular weight is 300 g/mol. The molecule has 0 atom stereocenters. The molecule has 18 heavy (non-hydrogen) atoms. The topological polar surface area (TPSA) is 54.9 Å². The molecule has 4 nitrogen and oxygen atoms in total. The molecule has 0 radical (unpaired) electrons. The van der Waals surface area contributed by atoms with Crippen molar-refractivity contribution in [1.29, 1.82) is 0 Å². The maximum absolute atomic E-state index is 12.0. The Hall–Kier alpha value is -0.980. The Labute approximate surface area is 117 Å². The number of aryl methyl sites for hydroxylation is 3. The Morgan fingerprint density at radius 3 is 2.83 bits per heavy atom. The van der Waals surface area contributed by atoms with Gasteiger partial charge in [-0.1, -0.05) is 11.6 Å². The zero-order chi connectivity index (χ0) is 12.7. The number of thiazole rings is 2. The molecule has 0 saturated heterocycles. The molecule has 94 valence electrons. The van der Waals surface area contributed by atoms with Gasteiger partial charge >= 0.3 is 0 Å². The van der Waals surface area contributed by atoms with Crippen LogP contribution < -0.4 is 5.32 Å². The number of fused-ring (bicyclic) bond motifs is 1. The van der Waals surface area contributed by atoms with E-state index in [1.165, 1.54) is 22.6 Å². The van der Waals surface area contributed by atoms with Crippen LogP contribution in [0, 0.1) is 6.92 Å². The van der Waals surface area contributed by atoms with E-state index in [1.54, 1.807) is 11.3 Å². The molecule has 0 saturated carbocycles. The normalized spacial score (nSPS) is 13.7. The lowest BCUT2D eigenvalue weighted by atomic mass is 10.3. The van der Waals surface area contributed by atoms with Crippen molar-refractivity contribution in [2.75, 3.05) is 5.32 Å². The molecule has 1 aliphatic rings. The summed E-state index contributed by atoms with van der Waals surface area (Å²) in [6.45, 7) is 1.83. The van der Waals surface area contributed by atoms with Crippen LogP contribution in [0.5, 0.6) is 0 Å². The number of carbonyl (C=O) groups excluding carboxylic acids is 1. The van der Waals surface area contributed by atoms with E-state index in [0.29, 0.717) is 15.3 Å². The van der Waals surface area contributed by atoms with Crippen molar-refractivity contribution in [2.24, 2.45) is 0 Å². The van der Waals surface area contributed by atoms with Crippen LogP contribution in [0.4, 0.5) is 5.13 Å². The number of nitrogens with one attached hydrogen (secondary N) is 1. The van der Waals surface area contributed by atoms with E-state index < -0.39 is 0 Å². The summed E-state index contributed by atoms with van der Waals surface area (Å²) in [6.07, 6.45) is 3.26. The highest BCUT2D eigenvalue weighted by atomic mass is 35.5. The second-order valence-electron chi connectivity index (χ2n) is 4.07. The Morgan fingerprint density at radius 1 is 1.33 bits per heavy atom. The maximum Gasteiger partial charge on any atom is 0.277 e.